The number of hydrogen-bond acceptors (Lipinski definition) is 4. The van der Waals surface area contributed by atoms with Crippen LogP contribution in [0.15, 0.2) is 30.9 Å². The van der Waals surface area contributed by atoms with Crippen LogP contribution in [0.2, 0.25) is 0 Å². The van der Waals surface area contributed by atoms with Crippen molar-refractivity contribution in [3.8, 4) is 11.3 Å². The summed E-state index contributed by atoms with van der Waals surface area (Å²) in [5.41, 5.74) is 6.00. The van der Waals surface area contributed by atoms with Crippen molar-refractivity contribution >= 4 is 11.2 Å². The maximum Gasteiger partial charge on any atom is 0.181 e. The first-order chi connectivity index (χ1) is 8.92. The Morgan fingerprint density at radius 1 is 1.06 bits per heavy atom. The maximum atomic E-state index is 5.43. The van der Waals surface area contributed by atoms with Gasteiger partial charge in [0.25, 0.3) is 0 Å². The minimum absolute atomic E-state index is 0.681. The summed E-state index contributed by atoms with van der Waals surface area (Å²) in [6.07, 6.45) is 3.18. The molecule has 88 valence electrons. The molecule has 0 radical (unpaired) electrons. The standard InChI is InChI=1S/C13H10N4O/c1-2-9-4-18-5-10(9)3-8(1)11-12-13(16-6-14-11)17-7-15-12/h1-3,6-7H,4-5H2,(H,14,15,16,17). The summed E-state index contributed by atoms with van der Waals surface area (Å²) in [7, 11) is 0. The Balaban J connectivity index is 1.94. The van der Waals surface area contributed by atoms with Crippen LogP contribution >= 0.6 is 0 Å². The molecule has 0 aliphatic carbocycles. The average molecular weight is 238 g/mol. The van der Waals surface area contributed by atoms with Gasteiger partial charge in [-0.15, -0.1) is 0 Å². The van der Waals surface area contributed by atoms with E-state index in [-0.39, 0.29) is 0 Å². The van der Waals surface area contributed by atoms with Crippen molar-refractivity contribution in [2.75, 3.05) is 0 Å². The van der Waals surface area contributed by atoms with E-state index in [9.17, 15) is 0 Å². The number of aromatic amines is 1. The number of nitrogens with one attached hydrogen (secondary N) is 1. The molecule has 3 heterocycles. The topological polar surface area (TPSA) is 63.7 Å². The van der Waals surface area contributed by atoms with Gasteiger partial charge in [-0.3, -0.25) is 0 Å². The van der Waals surface area contributed by atoms with Crippen molar-refractivity contribution in [2.24, 2.45) is 0 Å². The van der Waals surface area contributed by atoms with Crippen molar-refractivity contribution < 1.29 is 4.74 Å². The second-order valence-electron chi connectivity index (χ2n) is 4.30. The lowest BCUT2D eigenvalue weighted by Crippen LogP contribution is -1.90. The molecule has 5 heteroatoms. The van der Waals surface area contributed by atoms with Gasteiger partial charge in [-0.2, -0.15) is 0 Å². The third-order valence-electron chi connectivity index (χ3n) is 3.22. The normalized spacial score (nSPS) is 14.0. The van der Waals surface area contributed by atoms with Crippen LogP contribution in [-0.2, 0) is 18.0 Å². The van der Waals surface area contributed by atoms with Crippen LogP contribution in [0.3, 0.4) is 0 Å². The van der Waals surface area contributed by atoms with Crippen molar-refractivity contribution in [2.45, 2.75) is 13.2 Å². The van der Waals surface area contributed by atoms with Gasteiger partial charge in [-0.1, -0.05) is 12.1 Å². The maximum absolute atomic E-state index is 5.43. The van der Waals surface area contributed by atoms with Crippen LogP contribution in [0.1, 0.15) is 11.1 Å². The largest absolute Gasteiger partial charge is 0.372 e. The van der Waals surface area contributed by atoms with E-state index < -0.39 is 0 Å². The second-order valence-corrected chi connectivity index (χ2v) is 4.30. The number of benzene rings is 1. The smallest absolute Gasteiger partial charge is 0.181 e. The SMILES string of the molecule is c1nc(-c2ccc3c(c2)COC3)c2[nH]cnc2n1. The number of H-pyrrole nitrogens is 1. The summed E-state index contributed by atoms with van der Waals surface area (Å²) >= 11 is 0. The highest BCUT2D eigenvalue weighted by molar-refractivity contribution is 5.86. The molecule has 2 aromatic heterocycles. The number of ether oxygens (including phenoxy) is 1. The van der Waals surface area contributed by atoms with E-state index in [0.717, 1.165) is 16.8 Å². The van der Waals surface area contributed by atoms with E-state index in [2.05, 4.69) is 38.1 Å². The van der Waals surface area contributed by atoms with Gasteiger partial charge < -0.3 is 9.72 Å². The Hall–Kier alpha value is -2.27. The van der Waals surface area contributed by atoms with Crippen LogP contribution in [0, 0.1) is 0 Å². The van der Waals surface area contributed by atoms with Gasteiger partial charge in [-0.25, -0.2) is 15.0 Å². The van der Waals surface area contributed by atoms with Crippen LogP contribution in [0.4, 0.5) is 0 Å². The van der Waals surface area contributed by atoms with Gasteiger partial charge in [0.15, 0.2) is 5.65 Å². The number of imidazole rings is 1. The summed E-state index contributed by atoms with van der Waals surface area (Å²) in [5.74, 6) is 0. The zero-order valence-electron chi connectivity index (χ0n) is 9.55. The fraction of sp³-hybridized carbons (Fsp3) is 0.154. The van der Waals surface area contributed by atoms with Crippen molar-refractivity contribution in [3.63, 3.8) is 0 Å². The van der Waals surface area contributed by atoms with Crippen LogP contribution < -0.4 is 0 Å². The molecule has 1 N–H and O–H groups in total. The molecule has 1 aliphatic heterocycles. The first-order valence-corrected chi connectivity index (χ1v) is 5.76. The van der Waals surface area contributed by atoms with Gasteiger partial charge in [0.1, 0.15) is 11.8 Å². The molecule has 3 aromatic rings. The fourth-order valence-corrected chi connectivity index (χ4v) is 2.30. The van der Waals surface area contributed by atoms with Crippen molar-refractivity contribution in [1.29, 1.82) is 0 Å². The predicted octanol–water partition coefficient (Wildman–Crippen LogP) is 2.05. The molecular formula is C13H10N4O. The third kappa shape index (κ3) is 1.34. The average Bonchev–Trinajstić information content (AvgIpc) is 3.05. The Kier molecular flexibility index (Phi) is 1.95. The molecule has 18 heavy (non-hydrogen) atoms. The molecule has 1 aromatic carbocycles. The molecule has 0 fully saturated rings. The molecule has 5 nitrogen and oxygen atoms in total. The van der Waals surface area contributed by atoms with Crippen LogP contribution in [0.5, 0.6) is 0 Å². The van der Waals surface area contributed by atoms with E-state index >= 15 is 0 Å². The fourth-order valence-electron chi connectivity index (χ4n) is 2.30. The number of aromatic nitrogens is 4. The van der Waals surface area contributed by atoms with E-state index in [0.29, 0.717) is 18.9 Å². The van der Waals surface area contributed by atoms with Gasteiger partial charge in [0, 0.05) is 5.56 Å². The molecule has 4 rings (SSSR count). The van der Waals surface area contributed by atoms with Crippen molar-refractivity contribution in [3.05, 3.63) is 42.0 Å². The van der Waals surface area contributed by atoms with E-state index in [4.69, 9.17) is 4.74 Å². The van der Waals surface area contributed by atoms with Gasteiger partial charge in [0.2, 0.25) is 0 Å². The van der Waals surface area contributed by atoms with Crippen LogP contribution in [0.25, 0.3) is 22.4 Å². The molecule has 0 amide bonds. The van der Waals surface area contributed by atoms with Gasteiger partial charge in [0.05, 0.1) is 25.2 Å². The molecule has 1 aliphatic rings. The number of rotatable bonds is 1. The number of nitrogens with zero attached hydrogens (tertiary/aromatic N) is 3. The summed E-state index contributed by atoms with van der Waals surface area (Å²) in [4.78, 5) is 15.7. The second kappa shape index (κ2) is 3.61. The molecular weight excluding hydrogens is 228 g/mol. The lowest BCUT2D eigenvalue weighted by atomic mass is 10.0. The quantitative estimate of drug-likeness (QED) is 0.704. The third-order valence-corrected chi connectivity index (χ3v) is 3.22. The van der Waals surface area contributed by atoms with E-state index in [1.807, 2.05) is 0 Å². The minimum Gasteiger partial charge on any atom is -0.372 e. The summed E-state index contributed by atoms with van der Waals surface area (Å²) in [6.45, 7) is 1.39. The highest BCUT2D eigenvalue weighted by atomic mass is 16.5. The Bertz CT molecular complexity index is 735. The van der Waals surface area contributed by atoms with E-state index in [1.165, 1.54) is 11.1 Å². The zero-order chi connectivity index (χ0) is 11.9. The highest BCUT2D eigenvalue weighted by Gasteiger charge is 2.14. The molecule has 0 bridgehead atoms. The first kappa shape index (κ1) is 9.73. The highest BCUT2D eigenvalue weighted by Crippen LogP contribution is 2.28. The summed E-state index contributed by atoms with van der Waals surface area (Å²) < 4.78 is 5.43. The molecule has 0 saturated heterocycles. The van der Waals surface area contributed by atoms with Gasteiger partial charge in [-0.05, 0) is 17.2 Å². The molecule has 0 atom stereocenters. The van der Waals surface area contributed by atoms with Crippen LogP contribution in [-0.4, -0.2) is 19.9 Å². The minimum atomic E-state index is 0.681. The Morgan fingerprint density at radius 3 is 3.00 bits per heavy atom. The molecule has 0 saturated carbocycles. The van der Waals surface area contributed by atoms with Gasteiger partial charge >= 0.3 is 0 Å². The summed E-state index contributed by atoms with van der Waals surface area (Å²) in [6, 6.07) is 6.29. The Labute approximate surface area is 103 Å². The van der Waals surface area contributed by atoms with Crippen molar-refractivity contribution in [1.82, 2.24) is 19.9 Å². The lowest BCUT2D eigenvalue weighted by molar-refractivity contribution is 0.134. The number of fused-ring (bicyclic) bond motifs is 2. The molecule has 0 spiro atoms. The predicted molar refractivity (Wildman–Crippen MR) is 65.6 cm³/mol. The Morgan fingerprint density at radius 2 is 2.00 bits per heavy atom. The number of hydrogen-bond donors (Lipinski definition) is 1. The first-order valence-electron chi connectivity index (χ1n) is 5.76. The lowest BCUT2D eigenvalue weighted by Gasteiger charge is -2.04. The molecule has 0 unspecified atom stereocenters. The van der Waals surface area contributed by atoms with E-state index in [1.54, 1.807) is 12.7 Å². The summed E-state index contributed by atoms with van der Waals surface area (Å²) in [5, 5.41) is 0. The zero-order valence-corrected chi connectivity index (χ0v) is 9.55. The monoisotopic (exact) mass is 238 g/mol.